The minimum Gasteiger partial charge on any atom is -0.352 e. The van der Waals surface area contributed by atoms with Crippen LogP contribution in [0.3, 0.4) is 0 Å². The van der Waals surface area contributed by atoms with Gasteiger partial charge in [-0.15, -0.1) is 0 Å². The van der Waals surface area contributed by atoms with E-state index in [1.54, 1.807) is 37.3 Å². The molecule has 2 aromatic rings. The van der Waals surface area contributed by atoms with Crippen LogP contribution in [0.1, 0.15) is 51.2 Å². The lowest BCUT2D eigenvalue weighted by Gasteiger charge is -2.30. The number of aryl methyl sites for hydroxylation is 1. The van der Waals surface area contributed by atoms with Crippen molar-refractivity contribution >= 4 is 27.5 Å². The van der Waals surface area contributed by atoms with Crippen LogP contribution in [0.2, 0.25) is 0 Å². The van der Waals surface area contributed by atoms with Crippen molar-refractivity contribution in [2.24, 2.45) is 0 Å². The molecular formula is C26H36FN3O4S. The summed E-state index contributed by atoms with van der Waals surface area (Å²) in [4.78, 5) is 27.5. The van der Waals surface area contributed by atoms with Crippen molar-refractivity contribution < 1.29 is 22.4 Å². The first-order chi connectivity index (χ1) is 16.4. The second kappa shape index (κ2) is 12.7. The number of hydrogen-bond acceptors (Lipinski definition) is 4. The fraction of sp³-hybridized carbons (Fsp3) is 0.462. The Morgan fingerprint density at radius 3 is 2.31 bits per heavy atom. The third kappa shape index (κ3) is 8.65. The highest BCUT2D eigenvalue weighted by molar-refractivity contribution is 7.92. The number of amides is 2. The Hall–Kier alpha value is -2.94. The maximum absolute atomic E-state index is 13.4. The lowest BCUT2D eigenvalue weighted by Crippen LogP contribution is -2.49. The second-order valence-corrected chi connectivity index (χ2v) is 10.8. The molecule has 0 radical (unpaired) electrons. The van der Waals surface area contributed by atoms with E-state index in [2.05, 4.69) is 5.32 Å². The number of benzene rings is 2. The van der Waals surface area contributed by atoms with E-state index >= 15 is 0 Å². The van der Waals surface area contributed by atoms with Gasteiger partial charge in [0.1, 0.15) is 11.9 Å². The second-order valence-electron chi connectivity index (χ2n) is 8.92. The maximum atomic E-state index is 13.4. The van der Waals surface area contributed by atoms with Crippen LogP contribution in [0.4, 0.5) is 10.1 Å². The summed E-state index contributed by atoms with van der Waals surface area (Å²) in [7, 11) is -3.54. The van der Waals surface area contributed by atoms with Gasteiger partial charge < -0.3 is 10.2 Å². The molecule has 0 saturated heterocycles. The molecule has 192 valence electrons. The number of rotatable bonds is 12. The molecule has 0 heterocycles. The van der Waals surface area contributed by atoms with Crippen molar-refractivity contribution in [1.82, 2.24) is 10.2 Å². The predicted molar refractivity (Wildman–Crippen MR) is 137 cm³/mol. The minimum absolute atomic E-state index is 0.0367. The Kier molecular flexibility index (Phi) is 10.2. The summed E-state index contributed by atoms with van der Waals surface area (Å²) in [6, 6.07) is 12.2. The molecule has 0 bridgehead atoms. The molecule has 1 N–H and O–H groups in total. The molecule has 35 heavy (non-hydrogen) atoms. The first-order valence-electron chi connectivity index (χ1n) is 11.8. The molecule has 0 saturated carbocycles. The zero-order chi connectivity index (χ0) is 26.2. The smallest absolute Gasteiger partial charge is 0.242 e. The monoisotopic (exact) mass is 505 g/mol. The standard InChI is InChI=1S/C26H36FN3O4S/c1-6-20(3)28-26(32)21(4)29(18-22-12-14-23(27)15-13-22)25(31)11-8-16-30(35(5,33)34)24-10-7-9-19(2)17-24/h7,9-10,12-15,17,20-21H,6,8,11,16,18H2,1-5H3,(H,28,32)/t20-,21-/m1/s1. The van der Waals surface area contributed by atoms with Gasteiger partial charge in [0.25, 0.3) is 0 Å². The van der Waals surface area contributed by atoms with Crippen LogP contribution in [0.15, 0.2) is 48.5 Å². The van der Waals surface area contributed by atoms with Crippen LogP contribution in [-0.2, 0) is 26.2 Å². The average Bonchev–Trinajstić information content (AvgIpc) is 2.79. The third-order valence-corrected chi connectivity index (χ3v) is 7.07. The van der Waals surface area contributed by atoms with Crippen molar-refractivity contribution in [2.75, 3.05) is 17.1 Å². The number of hydrogen-bond donors (Lipinski definition) is 1. The van der Waals surface area contributed by atoms with Gasteiger partial charge in [-0.3, -0.25) is 13.9 Å². The highest BCUT2D eigenvalue weighted by Gasteiger charge is 2.27. The van der Waals surface area contributed by atoms with Crippen LogP contribution in [-0.4, -0.2) is 50.0 Å². The molecule has 2 rings (SSSR count). The third-order valence-electron chi connectivity index (χ3n) is 5.88. The number of nitrogens with one attached hydrogen (secondary N) is 1. The van der Waals surface area contributed by atoms with Crippen molar-refractivity contribution in [3.8, 4) is 0 Å². The Labute approximate surface area is 208 Å². The molecule has 0 aliphatic rings. The van der Waals surface area contributed by atoms with Crippen LogP contribution in [0.25, 0.3) is 0 Å². The Bertz CT molecular complexity index is 1110. The number of sulfonamides is 1. The van der Waals surface area contributed by atoms with E-state index < -0.39 is 16.1 Å². The van der Waals surface area contributed by atoms with Gasteiger partial charge in [0.2, 0.25) is 21.8 Å². The van der Waals surface area contributed by atoms with E-state index in [1.807, 2.05) is 26.8 Å². The zero-order valence-electron chi connectivity index (χ0n) is 21.1. The van der Waals surface area contributed by atoms with Crippen LogP contribution >= 0.6 is 0 Å². The summed E-state index contributed by atoms with van der Waals surface area (Å²) < 4.78 is 39.4. The van der Waals surface area contributed by atoms with E-state index in [9.17, 15) is 22.4 Å². The van der Waals surface area contributed by atoms with Gasteiger partial charge in [-0.2, -0.15) is 0 Å². The van der Waals surface area contributed by atoms with Gasteiger partial charge >= 0.3 is 0 Å². The molecule has 0 aliphatic carbocycles. The van der Waals surface area contributed by atoms with Crippen molar-refractivity contribution in [3.05, 3.63) is 65.5 Å². The Balaban J connectivity index is 2.16. The topological polar surface area (TPSA) is 86.8 Å². The summed E-state index contributed by atoms with van der Waals surface area (Å²) in [6.07, 6.45) is 2.23. The number of nitrogens with zero attached hydrogens (tertiary/aromatic N) is 2. The number of anilines is 1. The average molecular weight is 506 g/mol. The highest BCUT2D eigenvalue weighted by atomic mass is 32.2. The number of carbonyl (C=O) groups excluding carboxylic acids is 2. The molecule has 0 unspecified atom stereocenters. The molecule has 2 atom stereocenters. The fourth-order valence-corrected chi connectivity index (χ4v) is 4.58. The summed E-state index contributed by atoms with van der Waals surface area (Å²) in [6.45, 7) is 7.66. The molecule has 0 aliphatic heterocycles. The minimum atomic E-state index is -3.54. The number of carbonyl (C=O) groups is 2. The quantitative estimate of drug-likeness (QED) is 0.472. The van der Waals surface area contributed by atoms with Crippen LogP contribution in [0.5, 0.6) is 0 Å². The molecule has 0 aromatic heterocycles. The van der Waals surface area contributed by atoms with Gasteiger partial charge in [0, 0.05) is 25.6 Å². The van der Waals surface area contributed by atoms with Crippen molar-refractivity contribution in [3.63, 3.8) is 0 Å². The molecule has 0 fully saturated rings. The van der Waals surface area contributed by atoms with Crippen molar-refractivity contribution in [2.45, 2.75) is 65.6 Å². The van der Waals surface area contributed by atoms with E-state index in [-0.39, 0.29) is 49.6 Å². The van der Waals surface area contributed by atoms with Gasteiger partial charge in [-0.25, -0.2) is 12.8 Å². The maximum Gasteiger partial charge on any atom is 0.242 e. The summed E-state index contributed by atoms with van der Waals surface area (Å²) in [5, 5.41) is 2.90. The van der Waals surface area contributed by atoms with Gasteiger partial charge in [0.05, 0.1) is 11.9 Å². The summed E-state index contributed by atoms with van der Waals surface area (Å²) >= 11 is 0. The Morgan fingerprint density at radius 2 is 1.74 bits per heavy atom. The molecule has 2 amide bonds. The normalized spacial score (nSPS) is 13.1. The molecule has 7 nitrogen and oxygen atoms in total. The predicted octanol–water partition coefficient (Wildman–Crippen LogP) is 4.01. The molecule has 2 aromatic carbocycles. The SMILES string of the molecule is CC[C@@H](C)NC(=O)[C@@H](C)N(Cc1ccc(F)cc1)C(=O)CCCN(c1cccc(C)c1)S(C)(=O)=O. The van der Waals surface area contributed by atoms with E-state index in [4.69, 9.17) is 0 Å². The highest BCUT2D eigenvalue weighted by Crippen LogP contribution is 2.20. The van der Waals surface area contributed by atoms with Gasteiger partial charge in [0.15, 0.2) is 0 Å². The first-order valence-corrected chi connectivity index (χ1v) is 13.7. The summed E-state index contributed by atoms with van der Waals surface area (Å²) in [5.74, 6) is -0.933. The fourth-order valence-electron chi connectivity index (χ4n) is 3.62. The number of halogens is 1. The van der Waals surface area contributed by atoms with Gasteiger partial charge in [-0.1, -0.05) is 31.2 Å². The zero-order valence-corrected chi connectivity index (χ0v) is 21.9. The van der Waals surface area contributed by atoms with E-state index in [0.717, 1.165) is 18.2 Å². The lowest BCUT2D eigenvalue weighted by molar-refractivity contribution is -0.140. The first kappa shape index (κ1) is 28.3. The molecular weight excluding hydrogens is 469 g/mol. The van der Waals surface area contributed by atoms with Crippen molar-refractivity contribution in [1.29, 1.82) is 0 Å². The van der Waals surface area contributed by atoms with E-state index in [1.165, 1.54) is 21.3 Å². The molecule has 9 heteroatoms. The lowest BCUT2D eigenvalue weighted by atomic mass is 10.1. The van der Waals surface area contributed by atoms with E-state index in [0.29, 0.717) is 11.3 Å². The van der Waals surface area contributed by atoms with Crippen LogP contribution < -0.4 is 9.62 Å². The summed E-state index contributed by atoms with van der Waals surface area (Å²) in [5.41, 5.74) is 2.17. The Morgan fingerprint density at radius 1 is 1.09 bits per heavy atom. The van der Waals surface area contributed by atoms with Crippen LogP contribution in [0, 0.1) is 12.7 Å². The van der Waals surface area contributed by atoms with Gasteiger partial charge in [-0.05, 0) is 69.0 Å². The molecule has 0 spiro atoms. The largest absolute Gasteiger partial charge is 0.352 e.